The van der Waals surface area contributed by atoms with E-state index in [4.69, 9.17) is 17.3 Å². The maximum atomic E-state index is 12.5. The number of thiocarbonyl (C=S) groups is 1. The Bertz CT molecular complexity index is 945. The van der Waals surface area contributed by atoms with E-state index in [1.165, 1.54) is 11.0 Å². The monoisotopic (exact) mass is 357 g/mol. The van der Waals surface area contributed by atoms with Crippen molar-refractivity contribution in [2.75, 3.05) is 6.54 Å². The van der Waals surface area contributed by atoms with E-state index in [-0.39, 0.29) is 17.2 Å². The average Bonchev–Trinajstić information content (AvgIpc) is 2.89. The largest absolute Gasteiger partial charge is 0.480 e. The number of hydrogen-bond acceptors (Lipinski definition) is 4. The topological polar surface area (TPSA) is 91.6 Å². The van der Waals surface area contributed by atoms with Crippen LogP contribution in [-0.4, -0.2) is 44.0 Å². The highest BCUT2D eigenvalue weighted by Gasteiger charge is 2.32. The maximum Gasteiger partial charge on any atom is 0.323 e. The second-order valence-electron chi connectivity index (χ2n) is 5.49. The van der Waals surface area contributed by atoms with Gasteiger partial charge >= 0.3 is 5.97 Å². The molecular weight excluding hydrogens is 342 g/mol. The zero-order chi connectivity index (χ0) is 18.1. The molecule has 2 N–H and O–H groups in total. The number of nitrogens with one attached hydrogen (secondary N) is 1. The number of aromatic nitrogens is 1. The summed E-state index contributed by atoms with van der Waals surface area (Å²) in [6, 6.07) is 7.21. The van der Waals surface area contributed by atoms with Crippen molar-refractivity contribution in [3.8, 4) is 0 Å². The van der Waals surface area contributed by atoms with Crippen molar-refractivity contribution >= 4 is 52.1 Å². The summed E-state index contributed by atoms with van der Waals surface area (Å²) in [5, 5.41) is 12.4. The summed E-state index contributed by atoms with van der Waals surface area (Å²) in [6.45, 7) is 1.89. The number of likely N-dealkylation sites (N-methyl/N-ethyl adjacent to an activating group) is 1. The average molecular weight is 357 g/mol. The van der Waals surface area contributed by atoms with Gasteiger partial charge < -0.3 is 9.67 Å². The number of rotatable bonds is 4. The summed E-state index contributed by atoms with van der Waals surface area (Å²) >= 11 is 5.00. The summed E-state index contributed by atoms with van der Waals surface area (Å²) in [5.74, 6) is -2.00. The minimum absolute atomic E-state index is 0.0336. The Kier molecular flexibility index (Phi) is 4.37. The van der Waals surface area contributed by atoms with E-state index in [0.29, 0.717) is 17.6 Å². The van der Waals surface area contributed by atoms with Crippen LogP contribution < -0.4 is 5.32 Å². The molecule has 0 bridgehead atoms. The molecule has 1 aromatic carbocycles. The molecule has 3 rings (SSSR count). The molecule has 2 amide bonds. The van der Waals surface area contributed by atoms with E-state index in [2.05, 4.69) is 5.32 Å². The second kappa shape index (κ2) is 6.48. The number of nitrogens with zero attached hydrogens (tertiary/aromatic N) is 2. The smallest absolute Gasteiger partial charge is 0.323 e. The van der Waals surface area contributed by atoms with Crippen LogP contribution in [0.1, 0.15) is 12.5 Å². The van der Waals surface area contributed by atoms with Gasteiger partial charge in [0.05, 0.1) is 0 Å². The molecule has 25 heavy (non-hydrogen) atoms. The molecule has 7 nitrogen and oxygen atoms in total. The fourth-order valence-electron chi connectivity index (χ4n) is 2.80. The molecule has 1 aliphatic heterocycles. The standard InChI is InChI=1S/C17H15N3O4S/c1-2-20-16(24)12(15(23)18-17(20)25)7-10-8-19(9-14(21)22)13-6-4-3-5-11(10)13/h3-8H,2,9H2,1H3,(H,21,22)(H,18,23,25). The molecule has 1 fully saturated rings. The molecule has 8 heteroatoms. The van der Waals surface area contributed by atoms with Gasteiger partial charge in [-0.2, -0.15) is 0 Å². The zero-order valence-electron chi connectivity index (χ0n) is 13.4. The van der Waals surface area contributed by atoms with E-state index in [1.54, 1.807) is 29.8 Å². The number of carboxylic acids is 1. The first kappa shape index (κ1) is 16.8. The van der Waals surface area contributed by atoms with Gasteiger partial charge in [0.1, 0.15) is 12.1 Å². The molecule has 128 valence electrons. The number of benzene rings is 1. The summed E-state index contributed by atoms with van der Waals surface area (Å²) in [7, 11) is 0. The van der Waals surface area contributed by atoms with Gasteiger partial charge in [-0.15, -0.1) is 0 Å². The van der Waals surface area contributed by atoms with Crippen molar-refractivity contribution < 1.29 is 19.5 Å². The third-order valence-corrected chi connectivity index (χ3v) is 4.25. The number of amides is 2. The number of carbonyl (C=O) groups excluding carboxylic acids is 2. The molecule has 2 heterocycles. The van der Waals surface area contributed by atoms with E-state index in [9.17, 15) is 14.4 Å². The Morgan fingerprint density at radius 1 is 1.32 bits per heavy atom. The number of carbonyl (C=O) groups is 3. The minimum Gasteiger partial charge on any atom is -0.480 e. The van der Waals surface area contributed by atoms with Crippen LogP contribution >= 0.6 is 12.2 Å². The molecule has 0 unspecified atom stereocenters. The Labute approximate surface area is 148 Å². The van der Waals surface area contributed by atoms with E-state index >= 15 is 0 Å². The fourth-order valence-corrected chi connectivity index (χ4v) is 3.11. The van der Waals surface area contributed by atoms with Gasteiger partial charge in [0.25, 0.3) is 11.8 Å². The maximum absolute atomic E-state index is 12.5. The molecule has 2 aromatic rings. The van der Waals surface area contributed by atoms with Crippen LogP contribution in [0.3, 0.4) is 0 Å². The lowest BCUT2D eigenvalue weighted by Gasteiger charge is -2.27. The van der Waals surface area contributed by atoms with Crippen LogP contribution in [0.2, 0.25) is 0 Å². The van der Waals surface area contributed by atoms with Crippen molar-refractivity contribution in [3.63, 3.8) is 0 Å². The first-order valence-corrected chi connectivity index (χ1v) is 8.01. The predicted molar refractivity (Wildman–Crippen MR) is 95.7 cm³/mol. The van der Waals surface area contributed by atoms with Crippen LogP contribution in [-0.2, 0) is 20.9 Å². The molecule has 0 spiro atoms. The van der Waals surface area contributed by atoms with Gasteiger partial charge in [0, 0.05) is 29.2 Å². The van der Waals surface area contributed by atoms with Crippen LogP contribution in [0.25, 0.3) is 17.0 Å². The molecule has 1 saturated heterocycles. The molecule has 1 aromatic heterocycles. The Morgan fingerprint density at radius 2 is 2.04 bits per heavy atom. The first-order chi connectivity index (χ1) is 11.9. The third kappa shape index (κ3) is 3.03. The van der Waals surface area contributed by atoms with Gasteiger partial charge in [0.15, 0.2) is 5.11 Å². The third-order valence-electron chi connectivity index (χ3n) is 3.93. The summed E-state index contributed by atoms with van der Waals surface area (Å²) < 4.78 is 1.57. The van der Waals surface area contributed by atoms with Gasteiger partial charge in [0.2, 0.25) is 0 Å². The first-order valence-electron chi connectivity index (χ1n) is 7.61. The van der Waals surface area contributed by atoms with Crippen molar-refractivity contribution in [2.45, 2.75) is 13.5 Å². The van der Waals surface area contributed by atoms with Crippen molar-refractivity contribution in [3.05, 3.63) is 41.6 Å². The number of aliphatic carboxylic acids is 1. The number of hydrogen-bond donors (Lipinski definition) is 2. The molecular formula is C17H15N3O4S. The fraction of sp³-hybridized carbons (Fsp3) is 0.176. The minimum atomic E-state index is -0.978. The Balaban J connectivity index is 2.11. The van der Waals surface area contributed by atoms with E-state index in [0.717, 1.165) is 5.39 Å². The lowest BCUT2D eigenvalue weighted by atomic mass is 10.1. The summed E-state index contributed by atoms with van der Waals surface area (Å²) in [6.07, 6.45) is 3.10. The highest BCUT2D eigenvalue weighted by molar-refractivity contribution is 7.80. The van der Waals surface area contributed by atoms with Crippen LogP contribution in [0.15, 0.2) is 36.0 Å². The Hall–Kier alpha value is -3.00. The number of fused-ring (bicyclic) bond motifs is 1. The highest BCUT2D eigenvalue weighted by Crippen LogP contribution is 2.25. The molecule has 0 radical (unpaired) electrons. The summed E-state index contributed by atoms with van der Waals surface area (Å²) in [5.41, 5.74) is 1.27. The van der Waals surface area contributed by atoms with Gasteiger partial charge in [-0.3, -0.25) is 24.6 Å². The number of para-hydroxylation sites is 1. The normalized spacial score (nSPS) is 16.6. The molecule has 0 atom stereocenters. The highest BCUT2D eigenvalue weighted by atomic mass is 32.1. The van der Waals surface area contributed by atoms with E-state index < -0.39 is 17.8 Å². The quantitative estimate of drug-likeness (QED) is 0.490. The summed E-state index contributed by atoms with van der Waals surface area (Å²) in [4.78, 5) is 37.1. The van der Waals surface area contributed by atoms with Crippen molar-refractivity contribution in [1.82, 2.24) is 14.8 Å². The van der Waals surface area contributed by atoms with Crippen LogP contribution in [0, 0.1) is 0 Å². The zero-order valence-corrected chi connectivity index (χ0v) is 14.2. The molecule has 0 aliphatic carbocycles. The van der Waals surface area contributed by atoms with Crippen LogP contribution in [0.5, 0.6) is 0 Å². The number of carboxylic acid groups (broad SMARTS) is 1. The van der Waals surface area contributed by atoms with Crippen molar-refractivity contribution in [2.24, 2.45) is 0 Å². The molecule has 1 aliphatic rings. The van der Waals surface area contributed by atoms with Gasteiger partial charge in [-0.1, -0.05) is 18.2 Å². The van der Waals surface area contributed by atoms with Gasteiger partial charge in [-0.05, 0) is 31.3 Å². The molecule has 0 saturated carbocycles. The van der Waals surface area contributed by atoms with Crippen molar-refractivity contribution in [1.29, 1.82) is 0 Å². The van der Waals surface area contributed by atoms with Crippen LogP contribution in [0.4, 0.5) is 0 Å². The van der Waals surface area contributed by atoms with E-state index in [1.807, 2.05) is 12.1 Å². The second-order valence-corrected chi connectivity index (χ2v) is 5.88. The van der Waals surface area contributed by atoms with Gasteiger partial charge in [-0.25, -0.2) is 0 Å². The lowest BCUT2D eigenvalue weighted by Crippen LogP contribution is -2.53. The SMILES string of the molecule is CCN1C(=O)C(=Cc2cn(CC(=O)O)c3ccccc23)C(=O)NC1=S. The predicted octanol–water partition coefficient (Wildman–Crippen LogP) is 1.37. The lowest BCUT2D eigenvalue weighted by molar-refractivity contribution is -0.137. The Morgan fingerprint density at radius 3 is 2.72 bits per heavy atom.